The number of fused-ring (bicyclic) bond motifs is 1. The summed E-state index contributed by atoms with van der Waals surface area (Å²) >= 11 is 0. The average molecular weight is 521 g/mol. The Hall–Kier alpha value is -4.38. The Morgan fingerprint density at radius 2 is 1.79 bits per heavy atom. The fraction of sp³-hybridized carbons (Fsp3) is 0.333. The van der Waals surface area contributed by atoms with Crippen LogP contribution in [0.25, 0.3) is 10.9 Å². The van der Waals surface area contributed by atoms with Crippen molar-refractivity contribution in [2.75, 3.05) is 13.1 Å². The quantitative estimate of drug-likeness (QED) is 0.195. The van der Waals surface area contributed by atoms with Crippen molar-refractivity contribution in [3.8, 4) is 5.75 Å². The number of aromatic nitrogens is 1. The van der Waals surface area contributed by atoms with Crippen molar-refractivity contribution in [2.24, 2.45) is 5.73 Å². The molecule has 1 fully saturated rings. The highest BCUT2D eigenvalue weighted by atomic mass is 16.3. The van der Waals surface area contributed by atoms with Gasteiger partial charge >= 0.3 is 0 Å². The van der Waals surface area contributed by atoms with Crippen molar-refractivity contribution in [1.29, 1.82) is 0 Å². The van der Waals surface area contributed by atoms with E-state index in [4.69, 9.17) is 5.73 Å². The third-order valence-corrected chi connectivity index (χ3v) is 6.50. The lowest BCUT2D eigenvalue weighted by Gasteiger charge is -2.20. The number of carbonyl (C=O) groups excluding carboxylic acids is 4. The lowest BCUT2D eigenvalue weighted by molar-refractivity contribution is -0.129. The van der Waals surface area contributed by atoms with E-state index in [1.54, 1.807) is 12.1 Å². The Balaban J connectivity index is 1.31. The van der Waals surface area contributed by atoms with Crippen molar-refractivity contribution in [1.82, 2.24) is 26.3 Å². The second kappa shape index (κ2) is 12.2. The molecule has 11 nitrogen and oxygen atoms in total. The van der Waals surface area contributed by atoms with Gasteiger partial charge in [0.2, 0.25) is 23.6 Å². The van der Waals surface area contributed by atoms with Gasteiger partial charge in [0.25, 0.3) is 0 Å². The Morgan fingerprint density at radius 1 is 1.03 bits per heavy atom. The maximum absolute atomic E-state index is 13.0. The van der Waals surface area contributed by atoms with Gasteiger partial charge in [-0.25, -0.2) is 0 Å². The molecule has 3 atom stereocenters. The minimum Gasteiger partial charge on any atom is -0.508 e. The Labute approximate surface area is 219 Å². The molecule has 0 unspecified atom stereocenters. The molecular formula is C27H32N6O5. The van der Waals surface area contributed by atoms with Gasteiger partial charge in [-0.3, -0.25) is 19.2 Å². The molecule has 1 aliphatic heterocycles. The van der Waals surface area contributed by atoms with Gasteiger partial charge in [-0.2, -0.15) is 0 Å². The normalized spacial score (nSPS) is 18.9. The van der Waals surface area contributed by atoms with Gasteiger partial charge in [-0.1, -0.05) is 30.3 Å². The van der Waals surface area contributed by atoms with Crippen LogP contribution in [0.5, 0.6) is 5.75 Å². The number of benzene rings is 2. The van der Waals surface area contributed by atoms with E-state index in [1.807, 2.05) is 30.5 Å². The van der Waals surface area contributed by atoms with E-state index in [9.17, 15) is 24.3 Å². The number of aromatic hydroxyl groups is 1. The van der Waals surface area contributed by atoms with Crippen molar-refractivity contribution in [3.05, 3.63) is 65.9 Å². The molecule has 0 spiro atoms. The van der Waals surface area contributed by atoms with Crippen molar-refractivity contribution in [3.63, 3.8) is 0 Å². The number of amides is 4. The summed E-state index contributed by atoms with van der Waals surface area (Å²) in [4.78, 5) is 53.6. The van der Waals surface area contributed by atoms with Gasteiger partial charge in [0.15, 0.2) is 0 Å². The van der Waals surface area contributed by atoms with Gasteiger partial charge in [0.05, 0.1) is 12.6 Å². The zero-order valence-corrected chi connectivity index (χ0v) is 20.8. The molecule has 38 heavy (non-hydrogen) atoms. The maximum atomic E-state index is 13.0. The summed E-state index contributed by atoms with van der Waals surface area (Å²) < 4.78 is 0. The van der Waals surface area contributed by atoms with Crippen LogP contribution in [0.3, 0.4) is 0 Å². The van der Waals surface area contributed by atoms with Gasteiger partial charge in [-0.05, 0) is 48.6 Å². The summed E-state index contributed by atoms with van der Waals surface area (Å²) in [5, 5.41) is 21.1. The molecule has 2 aromatic carbocycles. The number of rotatable bonds is 9. The fourth-order valence-corrected chi connectivity index (χ4v) is 4.43. The third-order valence-electron chi connectivity index (χ3n) is 6.50. The second-order valence-electron chi connectivity index (χ2n) is 9.37. The van der Waals surface area contributed by atoms with Gasteiger partial charge < -0.3 is 37.1 Å². The van der Waals surface area contributed by atoms with Gasteiger partial charge in [-0.15, -0.1) is 0 Å². The highest BCUT2D eigenvalue weighted by Gasteiger charge is 2.29. The van der Waals surface area contributed by atoms with Crippen LogP contribution in [0.1, 0.15) is 24.0 Å². The molecule has 4 rings (SSSR count). The number of phenols is 1. The molecule has 1 aromatic heterocycles. The number of carbonyl (C=O) groups is 4. The lowest BCUT2D eigenvalue weighted by atomic mass is 10.0. The molecule has 0 aliphatic carbocycles. The van der Waals surface area contributed by atoms with Crippen LogP contribution in [0.2, 0.25) is 0 Å². The van der Waals surface area contributed by atoms with Crippen molar-refractivity contribution in [2.45, 2.75) is 43.8 Å². The van der Waals surface area contributed by atoms with Crippen LogP contribution >= 0.6 is 0 Å². The predicted molar refractivity (Wildman–Crippen MR) is 141 cm³/mol. The number of para-hydroxylation sites is 1. The molecule has 0 bridgehead atoms. The molecular weight excluding hydrogens is 488 g/mol. The Kier molecular flexibility index (Phi) is 8.59. The average Bonchev–Trinajstić information content (AvgIpc) is 3.33. The fourth-order valence-electron chi connectivity index (χ4n) is 4.43. The topological polar surface area (TPSA) is 178 Å². The monoisotopic (exact) mass is 520 g/mol. The summed E-state index contributed by atoms with van der Waals surface area (Å²) in [5.41, 5.74) is 8.61. The molecule has 2 heterocycles. The first-order chi connectivity index (χ1) is 18.3. The Morgan fingerprint density at radius 3 is 2.58 bits per heavy atom. The largest absolute Gasteiger partial charge is 0.508 e. The minimum atomic E-state index is -0.858. The molecule has 200 valence electrons. The zero-order valence-electron chi connectivity index (χ0n) is 20.8. The number of hydrogen-bond acceptors (Lipinski definition) is 6. The van der Waals surface area contributed by atoms with Crippen molar-refractivity contribution >= 4 is 34.5 Å². The number of nitrogens with two attached hydrogens (primary N) is 1. The summed E-state index contributed by atoms with van der Waals surface area (Å²) in [6, 6.07) is 11.7. The van der Waals surface area contributed by atoms with E-state index in [1.165, 1.54) is 12.1 Å². The van der Waals surface area contributed by atoms with Crippen LogP contribution < -0.4 is 27.0 Å². The molecule has 8 N–H and O–H groups in total. The SMILES string of the molecule is N[C@@H](Cc1ccc(O)cc1)C(=O)NCCC[C@H]1NC(=O)CNC(=O)[C@H](Cc2c[nH]c3ccccc23)NC1=O. The summed E-state index contributed by atoms with van der Waals surface area (Å²) in [6.45, 7) is 0.0231. The minimum absolute atomic E-state index is 0.136. The van der Waals surface area contributed by atoms with E-state index in [2.05, 4.69) is 26.3 Å². The molecule has 0 radical (unpaired) electrons. The van der Waals surface area contributed by atoms with E-state index in [0.29, 0.717) is 12.8 Å². The first-order valence-corrected chi connectivity index (χ1v) is 12.5. The highest BCUT2D eigenvalue weighted by Crippen LogP contribution is 2.19. The zero-order chi connectivity index (χ0) is 27.1. The van der Waals surface area contributed by atoms with Crippen LogP contribution in [-0.4, -0.2) is 64.9 Å². The van der Waals surface area contributed by atoms with Crippen LogP contribution in [0, 0.1) is 0 Å². The first kappa shape index (κ1) is 26.7. The van der Waals surface area contributed by atoms with E-state index in [-0.39, 0.29) is 37.6 Å². The van der Waals surface area contributed by atoms with E-state index in [0.717, 1.165) is 22.0 Å². The van der Waals surface area contributed by atoms with Crippen LogP contribution in [0.15, 0.2) is 54.7 Å². The smallest absolute Gasteiger partial charge is 0.243 e. The summed E-state index contributed by atoms with van der Waals surface area (Å²) in [6.07, 6.45) is 3.06. The standard InChI is InChI=1S/C27H32N6O5/c28-20(12-16-7-9-18(34)10-8-16)25(36)29-11-3-6-22-27(38)33-23(26(37)31-15-24(35)32-22)13-17-14-30-21-5-2-1-4-19(17)21/h1-2,4-5,7-10,14,20,22-23,30,34H,3,6,11-13,15,28H2,(H,29,36)(H,31,37)(H,32,35)(H,33,38)/t20-,22+,23-/m0/s1. The number of nitrogens with one attached hydrogen (secondary N) is 5. The Bertz CT molecular complexity index is 1300. The number of aromatic amines is 1. The number of H-pyrrole nitrogens is 1. The number of phenolic OH excluding ortho intramolecular Hbond substituents is 1. The highest BCUT2D eigenvalue weighted by molar-refractivity contribution is 5.96. The third kappa shape index (κ3) is 6.88. The van der Waals surface area contributed by atoms with Crippen LogP contribution in [-0.2, 0) is 32.0 Å². The predicted octanol–water partition coefficient (Wildman–Crippen LogP) is -0.0182. The van der Waals surface area contributed by atoms with Gasteiger partial charge in [0.1, 0.15) is 17.8 Å². The van der Waals surface area contributed by atoms with Crippen molar-refractivity contribution < 1.29 is 24.3 Å². The maximum Gasteiger partial charge on any atom is 0.243 e. The molecule has 11 heteroatoms. The number of hydrogen-bond donors (Lipinski definition) is 7. The lowest BCUT2D eigenvalue weighted by Crippen LogP contribution is -2.51. The van der Waals surface area contributed by atoms with E-state index < -0.39 is 35.8 Å². The summed E-state index contributed by atoms with van der Waals surface area (Å²) in [7, 11) is 0. The van der Waals surface area contributed by atoms with Crippen LogP contribution in [0.4, 0.5) is 0 Å². The molecule has 0 saturated carbocycles. The molecule has 4 amide bonds. The first-order valence-electron chi connectivity index (χ1n) is 12.5. The summed E-state index contributed by atoms with van der Waals surface area (Å²) in [5.74, 6) is -1.57. The molecule has 3 aromatic rings. The van der Waals surface area contributed by atoms with Gasteiger partial charge in [0, 0.05) is 30.1 Å². The molecule has 1 saturated heterocycles. The molecule has 1 aliphatic rings. The van der Waals surface area contributed by atoms with E-state index >= 15 is 0 Å². The second-order valence-corrected chi connectivity index (χ2v) is 9.37.